The quantitative estimate of drug-likeness (QED) is 0.283. The van der Waals surface area contributed by atoms with E-state index in [4.69, 9.17) is 16.3 Å². The van der Waals surface area contributed by atoms with E-state index in [2.05, 4.69) is 10.3 Å². The molecular formula is C17H27ClIN3O3S. The molecule has 0 atom stereocenters. The molecule has 0 aliphatic carbocycles. The molecule has 1 heterocycles. The number of nitrogens with zero attached hydrogens (tertiary/aromatic N) is 2. The van der Waals surface area contributed by atoms with Gasteiger partial charge in [-0.1, -0.05) is 23.7 Å². The first kappa shape index (κ1) is 23.3. The summed E-state index contributed by atoms with van der Waals surface area (Å²) in [6, 6.07) is 7.31. The zero-order chi connectivity index (χ0) is 18.5. The fourth-order valence-corrected chi connectivity index (χ4v) is 4.18. The SMILES string of the molecule is CCNC(=NCCOc1ccccc1Cl)N1CCS(=O)(=O)C(C)(C)C1.I. The zero-order valence-corrected chi connectivity index (χ0v) is 19.3. The van der Waals surface area contributed by atoms with Crippen LogP contribution in [0.3, 0.4) is 0 Å². The van der Waals surface area contributed by atoms with Crippen LogP contribution in [0.5, 0.6) is 5.75 Å². The average Bonchev–Trinajstić information content (AvgIpc) is 2.54. The minimum atomic E-state index is -3.07. The summed E-state index contributed by atoms with van der Waals surface area (Å²) in [4.78, 5) is 6.56. The summed E-state index contributed by atoms with van der Waals surface area (Å²) in [7, 11) is -3.07. The number of ether oxygens (including phenoxy) is 1. The van der Waals surface area contributed by atoms with Crippen LogP contribution in [-0.4, -0.2) is 62.6 Å². The first-order chi connectivity index (χ1) is 11.8. The highest BCUT2D eigenvalue weighted by Crippen LogP contribution is 2.24. The van der Waals surface area contributed by atoms with Gasteiger partial charge in [0.15, 0.2) is 15.8 Å². The molecule has 1 aliphatic heterocycles. The van der Waals surface area contributed by atoms with Crippen molar-refractivity contribution >= 4 is 51.4 Å². The van der Waals surface area contributed by atoms with Crippen LogP contribution in [0.4, 0.5) is 0 Å². The number of guanidine groups is 1. The van der Waals surface area contributed by atoms with E-state index in [9.17, 15) is 8.42 Å². The fraction of sp³-hybridized carbons (Fsp3) is 0.588. The summed E-state index contributed by atoms with van der Waals surface area (Å²) in [5.74, 6) is 1.49. The van der Waals surface area contributed by atoms with Crippen LogP contribution in [0.15, 0.2) is 29.3 Å². The minimum absolute atomic E-state index is 0. The first-order valence-corrected chi connectivity index (χ1v) is 10.4. The molecule has 6 nitrogen and oxygen atoms in total. The van der Waals surface area contributed by atoms with Gasteiger partial charge in [-0.05, 0) is 32.9 Å². The molecule has 2 rings (SSSR count). The van der Waals surface area contributed by atoms with Crippen LogP contribution in [0, 0.1) is 0 Å². The minimum Gasteiger partial charge on any atom is -0.490 e. The van der Waals surface area contributed by atoms with Gasteiger partial charge in [0.2, 0.25) is 0 Å². The van der Waals surface area contributed by atoms with Crippen LogP contribution in [0.25, 0.3) is 0 Å². The summed E-state index contributed by atoms with van der Waals surface area (Å²) < 4.78 is 29.2. The lowest BCUT2D eigenvalue weighted by Gasteiger charge is -2.39. The van der Waals surface area contributed by atoms with E-state index >= 15 is 0 Å². The number of aliphatic imine (C=N–C) groups is 1. The van der Waals surface area contributed by atoms with Crippen molar-refractivity contribution in [1.82, 2.24) is 10.2 Å². The Bertz CT molecular complexity index is 726. The van der Waals surface area contributed by atoms with Crippen LogP contribution in [-0.2, 0) is 9.84 Å². The molecule has 0 unspecified atom stereocenters. The lowest BCUT2D eigenvalue weighted by molar-refractivity contribution is 0.324. The van der Waals surface area contributed by atoms with E-state index in [0.29, 0.717) is 49.5 Å². The number of hydrogen-bond acceptors (Lipinski definition) is 4. The van der Waals surface area contributed by atoms with Crippen LogP contribution < -0.4 is 10.1 Å². The average molecular weight is 516 g/mol. The molecule has 1 aromatic carbocycles. The van der Waals surface area contributed by atoms with Crippen molar-refractivity contribution in [3.63, 3.8) is 0 Å². The molecule has 1 aliphatic rings. The van der Waals surface area contributed by atoms with Crippen molar-refractivity contribution in [1.29, 1.82) is 0 Å². The van der Waals surface area contributed by atoms with Gasteiger partial charge in [0.25, 0.3) is 0 Å². The monoisotopic (exact) mass is 515 g/mol. The van der Waals surface area contributed by atoms with Crippen molar-refractivity contribution in [3.8, 4) is 5.75 Å². The van der Waals surface area contributed by atoms with Gasteiger partial charge in [-0.15, -0.1) is 24.0 Å². The van der Waals surface area contributed by atoms with E-state index in [1.807, 2.05) is 30.0 Å². The lowest BCUT2D eigenvalue weighted by atomic mass is 10.2. The van der Waals surface area contributed by atoms with Crippen LogP contribution in [0.1, 0.15) is 20.8 Å². The molecule has 1 saturated heterocycles. The van der Waals surface area contributed by atoms with Crippen molar-refractivity contribution in [2.24, 2.45) is 4.99 Å². The summed E-state index contributed by atoms with van der Waals surface area (Å²) >= 11 is 6.06. The zero-order valence-electron chi connectivity index (χ0n) is 15.4. The molecule has 1 aromatic rings. The molecule has 148 valence electrons. The number of benzene rings is 1. The van der Waals surface area contributed by atoms with E-state index in [1.165, 1.54) is 0 Å². The second-order valence-corrected chi connectivity index (χ2v) is 9.66. The molecule has 1 fully saturated rings. The maximum absolute atomic E-state index is 12.2. The molecule has 0 bridgehead atoms. The standard InChI is InChI=1S/C17H26ClN3O3S.HI/c1-4-19-16(21-10-12-25(22,23)17(2,3)13-21)20-9-11-24-15-8-6-5-7-14(15)18;/h5-8H,4,9-13H2,1-3H3,(H,19,20);1H. The van der Waals surface area contributed by atoms with E-state index < -0.39 is 14.6 Å². The molecule has 0 saturated carbocycles. The Morgan fingerprint density at radius 2 is 2.08 bits per heavy atom. The Morgan fingerprint density at radius 3 is 2.69 bits per heavy atom. The second kappa shape index (κ2) is 9.98. The maximum Gasteiger partial charge on any atom is 0.194 e. The number of halogens is 2. The Hall–Kier alpha value is -0.740. The second-order valence-electron chi connectivity index (χ2n) is 6.51. The highest BCUT2D eigenvalue weighted by atomic mass is 127. The molecule has 0 aromatic heterocycles. The Balaban J connectivity index is 0.00000338. The largest absolute Gasteiger partial charge is 0.490 e. The van der Waals surface area contributed by atoms with Gasteiger partial charge in [0.05, 0.1) is 22.1 Å². The lowest BCUT2D eigenvalue weighted by Crippen LogP contribution is -2.57. The van der Waals surface area contributed by atoms with E-state index in [0.717, 1.165) is 0 Å². The molecule has 0 radical (unpaired) electrons. The Labute approximate surface area is 178 Å². The van der Waals surface area contributed by atoms with Crippen LogP contribution in [0.2, 0.25) is 5.02 Å². The molecule has 0 amide bonds. The van der Waals surface area contributed by atoms with Crippen molar-refractivity contribution < 1.29 is 13.2 Å². The summed E-state index contributed by atoms with van der Waals surface area (Å²) in [6.07, 6.45) is 0. The summed E-state index contributed by atoms with van der Waals surface area (Å²) in [5.41, 5.74) is 0. The van der Waals surface area contributed by atoms with Gasteiger partial charge in [-0.3, -0.25) is 0 Å². The third-order valence-electron chi connectivity index (χ3n) is 4.12. The van der Waals surface area contributed by atoms with E-state index in [1.54, 1.807) is 19.9 Å². The number of nitrogens with one attached hydrogen (secondary N) is 1. The van der Waals surface area contributed by atoms with Gasteiger partial charge in [0.1, 0.15) is 12.4 Å². The van der Waals surface area contributed by atoms with Gasteiger partial charge in [-0.25, -0.2) is 13.4 Å². The number of hydrogen-bond donors (Lipinski definition) is 1. The Kier molecular flexibility index (Phi) is 8.95. The molecule has 26 heavy (non-hydrogen) atoms. The third kappa shape index (κ3) is 5.88. The summed E-state index contributed by atoms with van der Waals surface area (Å²) in [5, 5.41) is 3.80. The van der Waals surface area contributed by atoms with Crippen molar-refractivity contribution in [2.45, 2.75) is 25.5 Å². The third-order valence-corrected chi connectivity index (χ3v) is 6.97. The molecule has 1 N–H and O–H groups in total. The van der Waals surface area contributed by atoms with E-state index in [-0.39, 0.29) is 29.7 Å². The molecule has 9 heteroatoms. The number of sulfone groups is 1. The molecule has 0 spiro atoms. The van der Waals surface area contributed by atoms with Gasteiger partial charge < -0.3 is 15.0 Å². The normalized spacial score (nSPS) is 18.8. The van der Waals surface area contributed by atoms with Gasteiger partial charge in [-0.2, -0.15) is 0 Å². The topological polar surface area (TPSA) is 71.0 Å². The number of para-hydroxylation sites is 1. The molecular weight excluding hydrogens is 489 g/mol. The van der Waals surface area contributed by atoms with Gasteiger partial charge in [0, 0.05) is 19.6 Å². The van der Waals surface area contributed by atoms with Crippen molar-refractivity contribution in [2.75, 3.05) is 38.5 Å². The maximum atomic E-state index is 12.2. The highest BCUT2D eigenvalue weighted by Gasteiger charge is 2.40. The highest BCUT2D eigenvalue weighted by molar-refractivity contribution is 14.0. The predicted molar refractivity (Wildman–Crippen MR) is 118 cm³/mol. The number of rotatable bonds is 5. The Morgan fingerprint density at radius 1 is 1.38 bits per heavy atom. The van der Waals surface area contributed by atoms with Crippen LogP contribution >= 0.6 is 35.6 Å². The van der Waals surface area contributed by atoms with Crippen molar-refractivity contribution in [3.05, 3.63) is 29.3 Å². The summed E-state index contributed by atoms with van der Waals surface area (Å²) in [6.45, 7) is 7.95. The van der Waals surface area contributed by atoms with Gasteiger partial charge >= 0.3 is 0 Å². The predicted octanol–water partition coefficient (Wildman–Crippen LogP) is 2.81. The smallest absolute Gasteiger partial charge is 0.194 e. The first-order valence-electron chi connectivity index (χ1n) is 8.40. The fourth-order valence-electron chi connectivity index (χ4n) is 2.62.